The van der Waals surface area contributed by atoms with E-state index in [4.69, 9.17) is 0 Å². The van der Waals surface area contributed by atoms with Gasteiger partial charge in [0.1, 0.15) is 6.54 Å². The van der Waals surface area contributed by atoms with E-state index in [1.807, 2.05) is 18.2 Å². The molecule has 0 saturated heterocycles. The second kappa shape index (κ2) is 6.93. The number of thiazole rings is 1. The maximum Gasteiger partial charge on any atom is 0.308 e. The minimum Gasteiger partial charge on any atom is -0.340 e. The molecule has 3 rings (SSSR count). The van der Waals surface area contributed by atoms with E-state index in [9.17, 15) is 9.59 Å². The number of aryl methyl sites for hydroxylation is 1. The van der Waals surface area contributed by atoms with Gasteiger partial charge in [0.05, 0.1) is 0 Å². The molecule has 5 heteroatoms. The lowest BCUT2D eigenvalue weighted by Crippen LogP contribution is -2.33. The highest BCUT2D eigenvalue weighted by atomic mass is 32.1. The molecule has 1 aliphatic rings. The summed E-state index contributed by atoms with van der Waals surface area (Å²) in [5, 5.41) is 0. The Balaban J connectivity index is 1.73. The quantitative estimate of drug-likeness (QED) is 0.856. The number of rotatable bonds is 4. The van der Waals surface area contributed by atoms with Crippen molar-refractivity contribution >= 4 is 17.2 Å². The first kappa shape index (κ1) is 17.0. The molecule has 1 heterocycles. The summed E-state index contributed by atoms with van der Waals surface area (Å²) >= 11 is 1.32. The number of aromatic nitrogens is 1. The average molecular weight is 344 g/mol. The minimum absolute atomic E-state index is 0.00624. The van der Waals surface area contributed by atoms with Crippen LogP contribution in [0.15, 0.2) is 29.1 Å². The van der Waals surface area contributed by atoms with E-state index in [1.54, 1.807) is 16.5 Å². The molecule has 1 atom stereocenters. The van der Waals surface area contributed by atoms with Gasteiger partial charge in [-0.1, -0.05) is 42.5 Å². The monoisotopic (exact) mass is 344 g/mol. The molecule has 1 amide bonds. The number of carbonyl (C=O) groups excluding carboxylic acids is 1. The first-order valence-electron chi connectivity index (χ1n) is 8.45. The summed E-state index contributed by atoms with van der Waals surface area (Å²) in [6.45, 7) is 5.00. The number of nitrogens with zero attached hydrogens (tertiary/aromatic N) is 2. The van der Waals surface area contributed by atoms with Crippen molar-refractivity contribution in [2.45, 2.75) is 46.2 Å². The van der Waals surface area contributed by atoms with Crippen molar-refractivity contribution in [1.29, 1.82) is 0 Å². The Kier molecular flexibility index (Phi) is 4.90. The highest BCUT2D eigenvalue weighted by Crippen LogP contribution is 2.27. The summed E-state index contributed by atoms with van der Waals surface area (Å²) in [6, 6.07) is 8.08. The van der Waals surface area contributed by atoms with Gasteiger partial charge in [-0.25, -0.2) is 0 Å². The van der Waals surface area contributed by atoms with E-state index in [-0.39, 0.29) is 17.3 Å². The lowest BCUT2D eigenvalue weighted by molar-refractivity contribution is -0.131. The van der Waals surface area contributed by atoms with Crippen LogP contribution < -0.4 is 4.87 Å². The normalized spacial score (nSPS) is 16.7. The fraction of sp³-hybridized carbons (Fsp3) is 0.474. The van der Waals surface area contributed by atoms with Crippen molar-refractivity contribution in [2.24, 2.45) is 5.92 Å². The zero-order valence-corrected chi connectivity index (χ0v) is 15.4. The molecule has 0 aliphatic heterocycles. The van der Waals surface area contributed by atoms with Gasteiger partial charge < -0.3 is 4.90 Å². The predicted molar refractivity (Wildman–Crippen MR) is 97.4 cm³/mol. The van der Waals surface area contributed by atoms with Gasteiger partial charge in [0.2, 0.25) is 5.91 Å². The van der Waals surface area contributed by atoms with Crippen molar-refractivity contribution in [3.05, 3.63) is 55.6 Å². The molecule has 0 spiro atoms. The second-order valence-electron chi connectivity index (χ2n) is 6.85. The molecule has 0 bridgehead atoms. The van der Waals surface area contributed by atoms with Gasteiger partial charge in [-0.05, 0) is 43.2 Å². The zero-order chi connectivity index (χ0) is 17.3. The van der Waals surface area contributed by atoms with Crippen LogP contribution in [0.25, 0.3) is 0 Å². The van der Waals surface area contributed by atoms with Crippen molar-refractivity contribution in [3.63, 3.8) is 0 Å². The highest BCUT2D eigenvalue weighted by molar-refractivity contribution is 7.09. The Bertz CT molecular complexity index is 806. The third kappa shape index (κ3) is 3.46. The van der Waals surface area contributed by atoms with E-state index in [2.05, 4.69) is 19.9 Å². The van der Waals surface area contributed by atoms with Crippen LogP contribution >= 0.6 is 11.3 Å². The molecular weight excluding hydrogens is 320 g/mol. The summed E-state index contributed by atoms with van der Waals surface area (Å²) in [5.74, 6) is 0.614. The Labute approximate surface area is 146 Å². The van der Waals surface area contributed by atoms with Crippen LogP contribution in [0.3, 0.4) is 0 Å². The smallest absolute Gasteiger partial charge is 0.308 e. The van der Waals surface area contributed by atoms with Crippen LogP contribution in [0.1, 0.15) is 35.0 Å². The summed E-state index contributed by atoms with van der Waals surface area (Å²) in [5.41, 5.74) is 3.40. The topological polar surface area (TPSA) is 42.3 Å². The molecule has 0 fully saturated rings. The maximum atomic E-state index is 12.6. The summed E-state index contributed by atoms with van der Waals surface area (Å²) < 4.78 is 1.70. The van der Waals surface area contributed by atoms with Crippen molar-refractivity contribution < 1.29 is 4.79 Å². The molecule has 1 aliphatic carbocycles. The molecule has 24 heavy (non-hydrogen) atoms. The van der Waals surface area contributed by atoms with Crippen LogP contribution in [-0.4, -0.2) is 22.4 Å². The van der Waals surface area contributed by atoms with Crippen LogP contribution in [0.2, 0.25) is 0 Å². The first-order valence-corrected chi connectivity index (χ1v) is 9.27. The molecule has 128 valence electrons. The molecule has 0 saturated carbocycles. The molecule has 1 aromatic heterocycles. The molecule has 1 aromatic carbocycles. The number of likely N-dealkylation sites (N-methyl/N-ethyl adjacent to an activating group) is 1. The van der Waals surface area contributed by atoms with Gasteiger partial charge in [-0.2, -0.15) is 0 Å². The summed E-state index contributed by atoms with van der Waals surface area (Å²) in [7, 11) is 1.81. The van der Waals surface area contributed by atoms with E-state index in [0.717, 1.165) is 30.5 Å². The number of fused-ring (bicyclic) bond motifs is 1. The van der Waals surface area contributed by atoms with Gasteiger partial charge in [0, 0.05) is 24.2 Å². The van der Waals surface area contributed by atoms with Crippen molar-refractivity contribution in [3.8, 4) is 0 Å². The fourth-order valence-electron chi connectivity index (χ4n) is 3.26. The Morgan fingerprint density at radius 1 is 1.38 bits per heavy atom. The second-order valence-corrected chi connectivity index (χ2v) is 7.89. The third-order valence-corrected chi connectivity index (χ3v) is 5.92. The minimum atomic E-state index is -0.0143. The van der Waals surface area contributed by atoms with E-state index in [1.165, 1.54) is 21.8 Å². The number of carbonyl (C=O) groups is 1. The largest absolute Gasteiger partial charge is 0.340 e. The third-order valence-electron chi connectivity index (χ3n) is 4.87. The molecule has 4 nitrogen and oxygen atoms in total. The van der Waals surface area contributed by atoms with Gasteiger partial charge >= 0.3 is 4.87 Å². The van der Waals surface area contributed by atoms with Crippen LogP contribution in [0, 0.1) is 12.8 Å². The van der Waals surface area contributed by atoms with Crippen molar-refractivity contribution in [2.75, 3.05) is 7.05 Å². The van der Waals surface area contributed by atoms with Gasteiger partial charge in [-0.15, -0.1) is 0 Å². The molecule has 0 N–H and O–H groups in total. The van der Waals surface area contributed by atoms with Crippen LogP contribution in [-0.2, 0) is 30.7 Å². The van der Waals surface area contributed by atoms with Crippen LogP contribution in [0.5, 0.6) is 0 Å². The number of benzene rings is 1. The van der Waals surface area contributed by atoms with E-state index < -0.39 is 0 Å². The number of amides is 1. The van der Waals surface area contributed by atoms with Crippen LogP contribution in [0.4, 0.5) is 0 Å². The lowest BCUT2D eigenvalue weighted by Gasteiger charge is -2.21. The molecular formula is C19H24N2O2S. The van der Waals surface area contributed by atoms with E-state index >= 15 is 0 Å². The van der Waals surface area contributed by atoms with Gasteiger partial charge in [0.25, 0.3) is 0 Å². The predicted octanol–water partition coefficient (Wildman–Crippen LogP) is 3.00. The van der Waals surface area contributed by atoms with E-state index in [0.29, 0.717) is 12.5 Å². The fourth-order valence-corrected chi connectivity index (χ4v) is 4.46. The van der Waals surface area contributed by atoms with Gasteiger partial charge in [-0.3, -0.25) is 14.2 Å². The highest BCUT2D eigenvalue weighted by Gasteiger charge is 2.23. The SMILES string of the molecule is Cc1ccccc1CN(C)C(=O)Cn1c2c(sc1=O)CC(C)CC2. The van der Waals surface area contributed by atoms with Crippen molar-refractivity contribution in [1.82, 2.24) is 9.47 Å². The Hall–Kier alpha value is -1.88. The Morgan fingerprint density at radius 2 is 2.12 bits per heavy atom. The number of hydrogen-bond acceptors (Lipinski definition) is 3. The number of hydrogen-bond donors (Lipinski definition) is 0. The first-order chi connectivity index (χ1) is 11.5. The van der Waals surface area contributed by atoms with Gasteiger partial charge in [0.15, 0.2) is 0 Å². The molecule has 1 unspecified atom stereocenters. The zero-order valence-electron chi connectivity index (χ0n) is 14.5. The lowest BCUT2D eigenvalue weighted by atomic mass is 9.93. The standard InChI is InChI=1S/C19H24N2O2S/c1-13-8-9-16-17(10-13)24-19(23)21(16)12-18(22)20(3)11-15-7-5-4-6-14(15)2/h4-7,13H,8-12H2,1-3H3. The average Bonchev–Trinajstić information content (AvgIpc) is 2.84. The molecule has 0 radical (unpaired) electrons. The summed E-state index contributed by atoms with van der Waals surface area (Å²) in [4.78, 5) is 27.8. The maximum absolute atomic E-state index is 12.6. The Morgan fingerprint density at radius 3 is 2.88 bits per heavy atom. The molecule has 2 aromatic rings. The summed E-state index contributed by atoms with van der Waals surface area (Å²) in [6.07, 6.45) is 2.97.